The summed E-state index contributed by atoms with van der Waals surface area (Å²) < 4.78 is 37.0. The molecule has 0 radical (unpaired) electrons. The lowest BCUT2D eigenvalue weighted by atomic mass is 9.79. The second-order valence-electron chi connectivity index (χ2n) is 15.5. The van der Waals surface area contributed by atoms with Crippen molar-refractivity contribution in [1.29, 1.82) is 0 Å². The Kier molecular flexibility index (Phi) is 14.2. The molecule has 0 aromatic heterocycles. The number of cyclic esters (lactones) is 1. The average Bonchev–Trinajstić information content (AvgIpc) is 3.74. The van der Waals surface area contributed by atoms with Crippen LogP contribution in [0, 0.1) is 23.7 Å². The van der Waals surface area contributed by atoms with Gasteiger partial charge in [-0.1, -0.05) is 27.7 Å². The first-order chi connectivity index (χ1) is 23.5. The summed E-state index contributed by atoms with van der Waals surface area (Å²) in [5, 5.41) is 33.4. The minimum absolute atomic E-state index is 0.0100. The highest BCUT2D eigenvalue weighted by Crippen LogP contribution is 2.45. The standard InChI is InChI=1S/C37H61NO12/c1-10-28-21(4)35-37(7,50-35)15-13-25(40)19(2)17-24(14-16-39)33(20(3)27(42)18-29(43)47-28)49-36-32(44)31(38(8)9)34(23(6)46-36)48-30-12-11-26(41)22(5)45-30/h13,15-16,19-24,26-28,30-36,41-42,44H,10-12,14,17-18H2,1-9H3/b15-13+/t19?,20?,21?,22-,23-,24?,26-,27?,28?,30?,31-,32-,33?,34?,35?,36?,37?/m1/s1. The molecule has 0 aliphatic carbocycles. The lowest BCUT2D eigenvalue weighted by Gasteiger charge is -2.49. The highest BCUT2D eigenvalue weighted by Gasteiger charge is 2.55. The van der Waals surface area contributed by atoms with Crippen LogP contribution in [-0.4, -0.2) is 132 Å². The normalized spacial score (nSPS) is 47.3. The number of carbonyl (C=O) groups excluding carboxylic acids is 3. The monoisotopic (exact) mass is 711 g/mol. The molecule has 4 aliphatic rings. The fourth-order valence-electron chi connectivity index (χ4n) is 7.96. The Morgan fingerprint density at radius 1 is 0.960 bits per heavy atom. The third-order valence-electron chi connectivity index (χ3n) is 11.3. The molecule has 4 rings (SSSR count). The number of aldehydes is 1. The minimum Gasteiger partial charge on any atom is -0.462 e. The third-order valence-corrected chi connectivity index (χ3v) is 11.3. The molecule has 0 aromatic carbocycles. The molecule has 4 aliphatic heterocycles. The summed E-state index contributed by atoms with van der Waals surface area (Å²) in [4.78, 5) is 40.5. The number of ketones is 1. The summed E-state index contributed by atoms with van der Waals surface area (Å²) in [7, 11) is 3.63. The van der Waals surface area contributed by atoms with Gasteiger partial charge in [-0.15, -0.1) is 0 Å². The zero-order valence-electron chi connectivity index (χ0n) is 31.2. The van der Waals surface area contributed by atoms with Gasteiger partial charge < -0.3 is 53.4 Å². The van der Waals surface area contributed by atoms with Gasteiger partial charge in [0.2, 0.25) is 0 Å². The Hall–Kier alpha value is -1.81. The van der Waals surface area contributed by atoms with E-state index in [1.165, 1.54) is 6.08 Å². The van der Waals surface area contributed by atoms with Crippen LogP contribution in [0.3, 0.4) is 0 Å². The fraction of sp³-hybridized carbons (Fsp3) is 0.865. The molecule has 3 fully saturated rings. The number of hydrogen-bond donors (Lipinski definition) is 3. The van der Waals surface area contributed by atoms with Gasteiger partial charge in [-0.25, -0.2) is 0 Å². The zero-order chi connectivity index (χ0) is 37.1. The number of allylic oxidation sites excluding steroid dienone is 1. The van der Waals surface area contributed by atoms with Gasteiger partial charge >= 0.3 is 5.97 Å². The van der Waals surface area contributed by atoms with E-state index in [1.807, 2.05) is 46.7 Å². The SMILES string of the molecule is CCC1OC(=O)CC(O)C(C)C(OC2O[C@H](C)C(OC3CC[C@@H](O)[C@@H](C)O3)[C@H](N(C)C)[C@H]2O)C(CC=O)CC(C)C(=O)/C=C/C2(C)OC2C1C. The first kappa shape index (κ1) is 41.0. The average molecular weight is 712 g/mol. The Morgan fingerprint density at radius 2 is 1.66 bits per heavy atom. The molecule has 286 valence electrons. The molecule has 3 N–H and O–H groups in total. The maximum Gasteiger partial charge on any atom is 0.308 e. The molecule has 17 atom stereocenters. The van der Waals surface area contributed by atoms with Crippen molar-refractivity contribution in [2.75, 3.05) is 14.1 Å². The summed E-state index contributed by atoms with van der Waals surface area (Å²) >= 11 is 0. The van der Waals surface area contributed by atoms with Gasteiger partial charge in [0, 0.05) is 30.6 Å². The first-order valence-electron chi connectivity index (χ1n) is 18.4. The first-order valence-corrected chi connectivity index (χ1v) is 18.4. The number of epoxide rings is 1. The van der Waals surface area contributed by atoms with E-state index in [1.54, 1.807) is 26.8 Å². The molecule has 13 nitrogen and oxygen atoms in total. The van der Waals surface area contributed by atoms with Crippen LogP contribution in [0.4, 0.5) is 0 Å². The van der Waals surface area contributed by atoms with Gasteiger partial charge in [-0.3, -0.25) is 9.59 Å². The van der Waals surface area contributed by atoms with Gasteiger partial charge in [0.25, 0.3) is 0 Å². The van der Waals surface area contributed by atoms with Crippen LogP contribution in [-0.2, 0) is 42.8 Å². The lowest BCUT2D eigenvalue weighted by Crippen LogP contribution is -2.64. The van der Waals surface area contributed by atoms with Crippen LogP contribution in [0.25, 0.3) is 0 Å². The van der Waals surface area contributed by atoms with Gasteiger partial charge in [-0.2, -0.15) is 0 Å². The molecular weight excluding hydrogens is 650 g/mol. The Balaban J connectivity index is 1.61. The van der Waals surface area contributed by atoms with Crippen molar-refractivity contribution in [3.63, 3.8) is 0 Å². The molecule has 0 spiro atoms. The number of hydrogen-bond acceptors (Lipinski definition) is 13. The molecule has 12 unspecified atom stereocenters. The second-order valence-corrected chi connectivity index (χ2v) is 15.5. The predicted octanol–water partition coefficient (Wildman–Crippen LogP) is 2.55. The summed E-state index contributed by atoms with van der Waals surface area (Å²) in [5.41, 5.74) is -0.675. The van der Waals surface area contributed by atoms with Gasteiger partial charge in [0.1, 0.15) is 30.2 Å². The topological polar surface area (TPSA) is 174 Å². The fourth-order valence-corrected chi connectivity index (χ4v) is 7.96. The zero-order valence-corrected chi connectivity index (χ0v) is 31.2. The lowest BCUT2D eigenvalue weighted by molar-refractivity contribution is -0.332. The van der Waals surface area contributed by atoms with Gasteiger partial charge in [0.15, 0.2) is 18.4 Å². The molecule has 13 heteroatoms. The van der Waals surface area contributed by atoms with Crippen LogP contribution < -0.4 is 0 Å². The number of nitrogens with zero attached hydrogens (tertiary/aromatic N) is 1. The number of carbonyl (C=O) groups is 3. The molecule has 4 heterocycles. The Bertz CT molecular complexity index is 1180. The maximum atomic E-state index is 13.4. The molecule has 50 heavy (non-hydrogen) atoms. The van der Waals surface area contributed by atoms with Crippen LogP contribution >= 0.6 is 0 Å². The van der Waals surface area contributed by atoms with Crippen molar-refractivity contribution in [2.45, 2.75) is 166 Å². The number of likely N-dealkylation sites (N-methyl/N-ethyl adjacent to an activating group) is 1. The van der Waals surface area contributed by atoms with Gasteiger partial charge in [-0.05, 0) is 72.2 Å². The smallest absolute Gasteiger partial charge is 0.308 e. The quantitative estimate of drug-likeness (QED) is 0.191. The second kappa shape index (κ2) is 17.3. The van der Waals surface area contributed by atoms with Crippen molar-refractivity contribution in [3.05, 3.63) is 12.2 Å². The van der Waals surface area contributed by atoms with E-state index in [0.29, 0.717) is 19.3 Å². The molecule has 0 saturated carbocycles. The summed E-state index contributed by atoms with van der Waals surface area (Å²) in [6, 6.07) is -0.603. The van der Waals surface area contributed by atoms with Crippen molar-refractivity contribution >= 4 is 18.0 Å². The predicted molar refractivity (Wildman–Crippen MR) is 182 cm³/mol. The molecule has 0 aromatic rings. The highest BCUT2D eigenvalue weighted by molar-refractivity contribution is 5.91. The number of ether oxygens (including phenoxy) is 6. The number of aliphatic hydroxyl groups excluding tert-OH is 3. The van der Waals surface area contributed by atoms with E-state index in [-0.39, 0.29) is 37.1 Å². The van der Waals surface area contributed by atoms with Crippen molar-refractivity contribution in [3.8, 4) is 0 Å². The number of fused-ring (bicyclic) bond motifs is 1. The van der Waals surface area contributed by atoms with E-state index in [2.05, 4.69) is 0 Å². The largest absolute Gasteiger partial charge is 0.462 e. The third kappa shape index (κ3) is 9.59. The summed E-state index contributed by atoms with van der Waals surface area (Å²) in [6.45, 7) is 12.9. The van der Waals surface area contributed by atoms with E-state index < -0.39 is 96.8 Å². The van der Waals surface area contributed by atoms with Crippen molar-refractivity contribution in [1.82, 2.24) is 4.90 Å². The van der Waals surface area contributed by atoms with E-state index in [4.69, 9.17) is 28.4 Å². The van der Waals surface area contributed by atoms with Crippen LogP contribution in [0.1, 0.15) is 87.0 Å². The van der Waals surface area contributed by atoms with Gasteiger partial charge in [0.05, 0.1) is 49.1 Å². The van der Waals surface area contributed by atoms with Crippen LogP contribution in [0.5, 0.6) is 0 Å². The van der Waals surface area contributed by atoms with E-state index in [0.717, 1.165) is 6.29 Å². The molecule has 0 amide bonds. The molecular formula is C37H61NO12. The van der Waals surface area contributed by atoms with Crippen molar-refractivity contribution < 1.29 is 58.1 Å². The molecule has 3 saturated heterocycles. The van der Waals surface area contributed by atoms with Crippen LogP contribution in [0.2, 0.25) is 0 Å². The Labute approximate surface area is 296 Å². The minimum atomic E-state index is -1.23. The van der Waals surface area contributed by atoms with Crippen molar-refractivity contribution in [2.24, 2.45) is 23.7 Å². The van der Waals surface area contributed by atoms with E-state index >= 15 is 0 Å². The number of rotatable bonds is 8. The highest BCUT2D eigenvalue weighted by atomic mass is 16.7. The number of esters is 1. The Morgan fingerprint density at radius 3 is 2.28 bits per heavy atom. The van der Waals surface area contributed by atoms with E-state index in [9.17, 15) is 29.7 Å². The van der Waals surface area contributed by atoms with Crippen LogP contribution in [0.15, 0.2) is 12.2 Å². The molecule has 0 bridgehead atoms. The number of aliphatic hydroxyl groups is 3. The maximum absolute atomic E-state index is 13.4. The summed E-state index contributed by atoms with van der Waals surface area (Å²) in [6.07, 6.45) is -2.51. The summed E-state index contributed by atoms with van der Waals surface area (Å²) in [5.74, 6) is -2.66.